The Hall–Kier alpha value is 0.430. The van der Waals surface area contributed by atoms with E-state index >= 15 is 0 Å². The van der Waals surface area contributed by atoms with Crippen molar-refractivity contribution in [2.45, 2.75) is 53.1 Å². The standard InChI is InChI=1S/C10H23P/c1-6-8(2)7-10(4,5)9(3)11/h8-9H,6-7,11H2,1-5H3. The Morgan fingerprint density at radius 1 is 1.27 bits per heavy atom. The first kappa shape index (κ1) is 11.4. The van der Waals surface area contributed by atoms with Gasteiger partial charge in [-0.05, 0) is 23.4 Å². The van der Waals surface area contributed by atoms with Gasteiger partial charge in [0.1, 0.15) is 0 Å². The van der Waals surface area contributed by atoms with Gasteiger partial charge in [-0.2, -0.15) is 0 Å². The smallest absolute Gasteiger partial charge is 0.0241 e. The van der Waals surface area contributed by atoms with E-state index in [1.54, 1.807) is 0 Å². The van der Waals surface area contributed by atoms with Crippen molar-refractivity contribution < 1.29 is 0 Å². The van der Waals surface area contributed by atoms with Gasteiger partial charge in [0, 0.05) is 0 Å². The van der Waals surface area contributed by atoms with Gasteiger partial charge < -0.3 is 0 Å². The van der Waals surface area contributed by atoms with Gasteiger partial charge >= 0.3 is 0 Å². The third kappa shape index (κ3) is 4.11. The van der Waals surface area contributed by atoms with Gasteiger partial charge in [0.05, 0.1) is 0 Å². The van der Waals surface area contributed by atoms with E-state index in [2.05, 4.69) is 43.9 Å². The monoisotopic (exact) mass is 174 g/mol. The second kappa shape index (κ2) is 4.45. The Kier molecular flexibility index (Phi) is 4.63. The predicted molar refractivity (Wildman–Crippen MR) is 57.0 cm³/mol. The van der Waals surface area contributed by atoms with E-state index in [-0.39, 0.29) is 0 Å². The van der Waals surface area contributed by atoms with E-state index < -0.39 is 0 Å². The van der Waals surface area contributed by atoms with Crippen LogP contribution in [-0.4, -0.2) is 5.66 Å². The van der Waals surface area contributed by atoms with Crippen LogP contribution in [0.25, 0.3) is 0 Å². The van der Waals surface area contributed by atoms with Crippen molar-refractivity contribution >= 4 is 9.24 Å². The lowest BCUT2D eigenvalue weighted by Gasteiger charge is -2.31. The molecule has 0 nitrogen and oxygen atoms in total. The van der Waals surface area contributed by atoms with Crippen LogP contribution < -0.4 is 0 Å². The molecule has 1 heteroatoms. The van der Waals surface area contributed by atoms with Crippen LogP contribution in [0.3, 0.4) is 0 Å². The first-order chi connectivity index (χ1) is 4.90. The molecule has 0 N–H and O–H groups in total. The highest BCUT2D eigenvalue weighted by Gasteiger charge is 2.23. The molecule has 0 heterocycles. The van der Waals surface area contributed by atoms with Crippen molar-refractivity contribution in [3.63, 3.8) is 0 Å². The van der Waals surface area contributed by atoms with Crippen molar-refractivity contribution in [3.05, 3.63) is 0 Å². The molecule has 68 valence electrons. The van der Waals surface area contributed by atoms with E-state index in [4.69, 9.17) is 0 Å². The molecule has 3 unspecified atom stereocenters. The number of hydrogen-bond acceptors (Lipinski definition) is 0. The molecule has 0 aromatic heterocycles. The summed E-state index contributed by atoms with van der Waals surface area (Å²) in [6, 6.07) is 0. The van der Waals surface area contributed by atoms with Gasteiger partial charge in [-0.1, -0.05) is 41.0 Å². The summed E-state index contributed by atoms with van der Waals surface area (Å²) < 4.78 is 0. The Morgan fingerprint density at radius 2 is 1.73 bits per heavy atom. The molecule has 3 atom stereocenters. The second-order valence-corrected chi connectivity index (χ2v) is 5.49. The van der Waals surface area contributed by atoms with Gasteiger partial charge in [0.25, 0.3) is 0 Å². The molecule has 0 amide bonds. The molecule has 0 aromatic rings. The summed E-state index contributed by atoms with van der Waals surface area (Å²) in [6.07, 6.45) is 2.65. The lowest BCUT2D eigenvalue weighted by molar-refractivity contribution is 0.271. The maximum atomic E-state index is 2.91. The second-order valence-electron chi connectivity index (χ2n) is 4.49. The van der Waals surface area contributed by atoms with Gasteiger partial charge in [-0.3, -0.25) is 0 Å². The molecule has 0 spiro atoms. The zero-order chi connectivity index (χ0) is 9.07. The minimum Gasteiger partial charge on any atom is -0.134 e. The van der Waals surface area contributed by atoms with E-state index in [9.17, 15) is 0 Å². The summed E-state index contributed by atoms with van der Waals surface area (Å²) in [5.41, 5.74) is 1.21. The Morgan fingerprint density at radius 3 is 2.00 bits per heavy atom. The SMILES string of the molecule is CCC(C)CC(C)(C)C(C)P. The lowest BCUT2D eigenvalue weighted by Crippen LogP contribution is -2.23. The molecule has 0 radical (unpaired) electrons. The first-order valence-corrected chi connectivity index (χ1v) is 5.32. The summed E-state index contributed by atoms with van der Waals surface area (Å²) >= 11 is 0. The Labute approximate surface area is 74.4 Å². The van der Waals surface area contributed by atoms with E-state index in [1.807, 2.05) is 0 Å². The molecular formula is C10H23P. The molecule has 0 bridgehead atoms. The molecule has 0 aliphatic carbocycles. The Bertz CT molecular complexity index is 105. The van der Waals surface area contributed by atoms with Gasteiger partial charge in [-0.25, -0.2) is 0 Å². The maximum absolute atomic E-state index is 2.91. The third-order valence-corrected chi connectivity index (χ3v) is 3.71. The van der Waals surface area contributed by atoms with Crippen LogP contribution in [0, 0.1) is 11.3 Å². The molecular weight excluding hydrogens is 151 g/mol. The average molecular weight is 174 g/mol. The van der Waals surface area contributed by atoms with E-state index in [0.717, 1.165) is 11.6 Å². The minimum absolute atomic E-state index is 0.486. The zero-order valence-electron chi connectivity index (χ0n) is 8.65. The highest BCUT2D eigenvalue weighted by Crippen LogP contribution is 2.34. The largest absolute Gasteiger partial charge is 0.134 e. The fourth-order valence-corrected chi connectivity index (χ4v) is 1.36. The fraction of sp³-hybridized carbons (Fsp3) is 1.00. The fourth-order valence-electron chi connectivity index (χ4n) is 1.23. The molecule has 0 fully saturated rings. The molecule has 0 aliphatic rings. The molecule has 0 rings (SSSR count). The highest BCUT2D eigenvalue weighted by atomic mass is 31.0. The third-order valence-electron chi connectivity index (χ3n) is 2.80. The highest BCUT2D eigenvalue weighted by molar-refractivity contribution is 7.17. The van der Waals surface area contributed by atoms with Crippen LogP contribution in [0.15, 0.2) is 0 Å². The lowest BCUT2D eigenvalue weighted by atomic mass is 9.80. The number of hydrogen-bond donors (Lipinski definition) is 0. The molecule has 0 saturated heterocycles. The number of rotatable bonds is 4. The maximum Gasteiger partial charge on any atom is -0.0241 e. The van der Waals surface area contributed by atoms with Crippen molar-refractivity contribution in [2.24, 2.45) is 11.3 Å². The van der Waals surface area contributed by atoms with Crippen LogP contribution in [-0.2, 0) is 0 Å². The molecule has 0 aliphatic heterocycles. The normalized spacial score (nSPS) is 18.0. The molecule has 0 saturated carbocycles. The van der Waals surface area contributed by atoms with Crippen LogP contribution in [0.5, 0.6) is 0 Å². The van der Waals surface area contributed by atoms with Crippen LogP contribution in [0.1, 0.15) is 47.5 Å². The molecule has 0 aromatic carbocycles. The summed E-state index contributed by atoms with van der Waals surface area (Å²) in [6.45, 7) is 11.6. The van der Waals surface area contributed by atoms with Crippen molar-refractivity contribution in [3.8, 4) is 0 Å². The van der Waals surface area contributed by atoms with Crippen molar-refractivity contribution in [1.82, 2.24) is 0 Å². The van der Waals surface area contributed by atoms with Crippen molar-refractivity contribution in [1.29, 1.82) is 0 Å². The summed E-state index contributed by atoms with van der Waals surface area (Å²) in [7, 11) is 2.91. The van der Waals surface area contributed by atoms with Gasteiger partial charge in [0.2, 0.25) is 0 Å². The predicted octanol–water partition coefficient (Wildman–Crippen LogP) is 3.71. The van der Waals surface area contributed by atoms with Crippen molar-refractivity contribution in [2.75, 3.05) is 0 Å². The molecule has 11 heavy (non-hydrogen) atoms. The quantitative estimate of drug-likeness (QED) is 0.570. The van der Waals surface area contributed by atoms with E-state index in [0.29, 0.717) is 5.41 Å². The summed E-state index contributed by atoms with van der Waals surface area (Å²) in [5, 5.41) is 0. The Balaban J connectivity index is 3.90. The zero-order valence-corrected chi connectivity index (χ0v) is 9.80. The van der Waals surface area contributed by atoms with E-state index in [1.165, 1.54) is 12.8 Å². The van der Waals surface area contributed by atoms with Gasteiger partial charge in [-0.15, -0.1) is 9.24 Å². The summed E-state index contributed by atoms with van der Waals surface area (Å²) in [4.78, 5) is 0. The first-order valence-electron chi connectivity index (χ1n) is 4.65. The van der Waals surface area contributed by atoms with Crippen LogP contribution >= 0.6 is 9.24 Å². The van der Waals surface area contributed by atoms with Crippen LogP contribution in [0.2, 0.25) is 0 Å². The average Bonchev–Trinajstić information content (AvgIpc) is 1.86. The topological polar surface area (TPSA) is 0 Å². The minimum atomic E-state index is 0.486. The van der Waals surface area contributed by atoms with Gasteiger partial charge in [0.15, 0.2) is 0 Å². The summed E-state index contributed by atoms with van der Waals surface area (Å²) in [5.74, 6) is 0.869. The van der Waals surface area contributed by atoms with Crippen LogP contribution in [0.4, 0.5) is 0 Å².